The highest BCUT2D eigenvalue weighted by Gasteiger charge is 2.23. The number of hydrogen-bond acceptors (Lipinski definition) is 5. The van der Waals surface area contributed by atoms with Crippen molar-refractivity contribution in [1.29, 1.82) is 0 Å². The van der Waals surface area contributed by atoms with Crippen molar-refractivity contribution in [2.24, 2.45) is 0 Å². The maximum atomic E-state index is 12.0. The first-order chi connectivity index (χ1) is 12.0. The summed E-state index contributed by atoms with van der Waals surface area (Å²) in [6.07, 6.45) is 3.33. The molecule has 7 heteroatoms. The Morgan fingerprint density at radius 2 is 2.04 bits per heavy atom. The zero-order valence-electron chi connectivity index (χ0n) is 14.2. The van der Waals surface area contributed by atoms with Gasteiger partial charge in [0.15, 0.2) is 11.7 Å². The molecule has 1 aromatic carbocycles. The monoisotopic (exact) mass is 346 g/mol. The van der Waals surface area contributed by atoms with Gasteiger partial charge in [0, 0.05) is 12.6 Å². The van der Waals surface area contributed by atoms with Crippen LogP contribution in [0.1, 0.15) is 39.0 Å². The topological polar surface area (TPSA) is 90.5 Å². The van der Waals surface area contributed by atoms with Crippen LogP contribution in [0.2, 0.25) is 0 Å². The van der Waals surface area contributed by atoms with Gasteiger partial charge in [0.1, 0.15) is 0 Å². The van der Waals surface area contributed by atoms with E-state index in [2.05, 4.69) is 5.32 Å². The van der Waals surface area contributed by atoms with E-state index in [0.717, 1.165) is 25.7 Å². The van der Waals surface area contributed by atoms with E-state index in [-0.39, 0.29) is 24.9 Å². The van der Waals surface area contributed by atoms with Crippen molar-refractivity contribution < 1.29 is 18.7 Å². The molecule has 134 valence electrons. The van der Waals surface area contributed by atoms with E-state index in [4.69, 9.17) is 9.15 Å². The number of hydrogen-bond donors (Lipinski definition) is 1. The normalized spacial score (nSPS) is 16.0. The molecule has 1 amide bonds. The smallest absolute Gasteiger partial charge is 0.419 e. The Labute approximate surface area is 144 Å². The number of esters is 1. The van der Waals surface area contributed by atoms with Crippen molar-refractivity contribution in [3.63, 3.8) is 0 Å². The number of ether oxygens (including phenoxy) is 1. The molecule has 0 radical (unpaired) electrons. The minimum absolute atomic E-state index is 0.00944. The van der Waals surface area contributed by atoms with Gasteiger partial charge in [-0.2, -0.15) is 0 Å². The van der Waals surface area contributed by atoms with Crippen LogP contribution in [-0.4, -0.2) is 28.6 Å². The summed E-state index contributed by atoms with van der Waals surface area (Å²) in [5.41, 5.74) is 1.11. The van der Waals surface area contributed by atoms with Crippen LogP contribution >= 0.6 is 0 Å². The average molecular weight is 346 g/mol. The Bertz CT molecular complexity index is 816. The number of para-hydroxylation sites is 2. The lowest BCUT2D eigenvalue weighted by Gasteiger charge is -2.17. The van der Waals surface area contributed by atoms with E-state index in [1.165, 1.54) is 4.57 Å². The Balaban J connectivity index is 1.52. The number of benzene rings is 1. The van der Waals surface area contributed by atoms with E-state index in [1.54, 1.807) is 31.2 Å². The van der Waals surface area contributed by atoms with Gasteiger partial charge in [0.25, 0.3) is 5.91 Å². The SMILES string of the molecule is C[C@@H](OC(=O)CCn1c(=O)oc2ccccc21)C(=O)NC1CCCC1. The highest BCUT2D eigenvalue weighted by Crippen LogP contribution is 2.18. The number of rotatable bonds is 6. The Kier molecular flexibility index (Phi) is 5.21. The molecule has 0 bridgehead atoms. The van der Waals surface area contributed by atoms with E-state index < -0.39 is 17.8 Å². The Morgan fingerprint density at radius 1 is 1.32 bits per heavy atom. The molecule has 1 fully saturated rings. The molecule has 3 rings (SSSR count). The number of oxazole rings is 1. The summed E-state index contributed by atoms with van der Waals surface area (Å²) in [5.74, 6) is -1.31. The van der Waals surface area contributed by atoms with Crippen LogP contribution in [0.15, 0.2) is 33.5 Å². The van der Waals surface area contributed by atoms with Crippen LogP contribution in [0.5, 0.6) is 0 Å². The lowest BCUT2D eigenvalue weighted by molar-refractivity contribution is -0.155. The van der Waals surface area contributed by atoms with Gasteiger partial charge in [-0.1, -0.05) is 25.0 Å². The maximum Gasteiger partial charge on any atom is 0.419 e. The molecule has 7 nitrogen and oxygen atoms in total. The second-order valence-electron chi connectivity index (χ2n) is 6.36. The van der Waals surface area contributed by atoms with E-state index in [1.807, 2.05) is 0 Å². The lowest BCUT2D eigenvalue weighted by Crippen LogP contribution is -2.41. The lowest BCUT2D eigenvalue weighted by atomic mass is 10.2. The van der Waals surface area contributed by atoms with Gasteiger partial charge in [-0.05, 0) is 31.9 Å². The first kappa shape index (κ1) is 17.3. The number of aromatic nitrogens is 1. The molecule has 0 spiro atoms. The fourth-order valence-corrected chi connectivity index (χ4v) is 3.13. The van der Waals surface area contributed by atoms with E-state index >= 15 is 0 Å². The largest absolute Gasteiger partial charge is 0.452 e. The molecule has 2 aromatic rings. The van der Waals surface area contributed by atoms with Crippen LogP contribution in [-0.2, 0) is 20.9 Å². The average Bonchev–Trinajstić information content (AvgIpc) is 3.19. The molecule has 1 saturated carbocycles. The molecule has 1 N–H and O–H groups in total. The van der Waals surface area contributed by atoms with Crippen molar-refractivity contribution in [1.82, 2.24) is 9.88 Å². The first-order valence-electron chi connectivity index (χ1n) is 8.63. The predicted molar refractivity (Wildman–Crippen MR) is 91.0 cm³/mol. The number of carbonyl (C=O) groups excluding carboxylic acids is 2. The summed E-state index contributed by atoms with van der Waals surface area (Å²) in [6.45, 7) is 1.70. The highest BCUT2D eigenvalue weighted by molar-refractivity contribution is 5.83. The van der Waals surface area contributed by atoms with Gasteiger partial charge in [-0.3, -0.25) is 14.2 Å². The molecule has 1 aliphatic rings. The van der Waals surface area contributed by atoms with Crippen LogP contribution in [0.25, 0.3) is 11.1 Å². The predicted octanol–water partition coefficient (Wildman–Crippen LogP) is 1.98. The van der Waals surface area contributed by atoms with Crippen molar-refractivity contribution in [3.05, 3.63) is 34.8 Å². The number of amides is 1. The molecule has 1 atom stereocenters. The van der Waals surface area contributed by atoms with Gasteiger partial charge >= 0.3 is 11.7 Å². The second-order valence-corrected chi connectivity index (χ2v) is 6.36. The third-order valence-electron chi connectivity index (χ3n) is 4.49. The standard InChI is InChI=1S/C18H22N2O5/c1-12(17(22)19-13-6-2-3-7-13)24-16(21)10-11-20-14-8-4-5-9-15(14)25-18(20)23/h4-5,8-9,12-13H,2-3,6-7,10-11H2,1H3,(H,19,22)/t12-/m1/s1. The summed E-state index contributed by atoms with van der Waals surface area (Å²) in [6, 6.07) is 7.20. The molecule has 0 aliphatic heterocycles. The number of carbonyl (C=O) groups is 2. The quantitative estimate of drug-likeness (QED) is 0.808. The minimum Gasteiger partial charge on any atom is -0.452 e. The molecule has 1 heterocycles. The Morgan fingerprint density at radius 3 is 2.80 bits per heavy atom. The summed E-state index contributed by atoms with van der Waals surface area (Å²) < 4.78 is 11.7. The number of nitrogens with zero attached hydrogens (tertiary/aromatic N) is 1. The molecule has 25 heavy (non-hydrogen) atoms. The molecular formula is C18H22N2O5. The number of aryl methyl sites for hydroxylation is 1. The van der Waals surface area contributed by atoms with Gasteiger partial charge in [0.05, 0.1) is 11.9 Å². The summed E-state index contributed by atoms with van der Waals surface area (Å²) in [4.78, 5) is 35.9. The number of nitrogens with one attached hydrogen (secondary N) is 1. The Hall–Kier alpha value is -2.57. The van der Waals surface area contributed by atoms with Crippen molar-refractivity contribution in [2.75, 3.05) is 0 Å². The van der Waals surface area contributed by atoms with Crippen LogP contribution in [0.3, 0.4) is 0 Å². The van der Waals surface area contributed by atoms with Gasteiger partial charge in [0.2, 0.25) is 0 Å². The van der Waals surface area contributed by atoms with Crippen LogP contribution in [0, 0.1) is 0 Å². The van der Waals surface area contributed by atoms with Crippen molar-refractivity contribution in [2.45, 2.75) is 57.7 Å². The summed E-state index contributed by atoms with van der Waals surface area (Å²) >= 11 is 0. The van der Waals surface area contributed by atoms with Gasteiger partial charge < -0.3 is 14.5 Å². The van der Waals surface area contributed by atoms with Crippen LogP contribution in [0.4, 0.5) is 0 Å². The molecule has 0 unspecified atom stereocenters. The highest BCUT2D eigenvalue weighted by atomic mass is 16.5. The fraction of sp³-hybridized carbons (Fsp3) is 0.500. The first-order valence-corrected chi connectivity index (χ1v) is 8.63. The molecule has 1 aromatic heterocycles. The number of fused-ring (bicyclic) bond motifs is 1. The minimum atomic E-state index is -0.842. The molecular weight excluding hydrogens is 324 g/mol. The molecule has 0 saturated heterocycles. The van der Waals surface area contributed by atoms with Crippen LogP contribution < -0.4 is 11.1 Å². The zero-order chi connectivity index (χ0) is 17.8. The molecule has 1 aliphatic carbocycles. The zero-order valence-corrected chi connectivity index (χ0v) is 14.2. The van der Waals surface area contributed by atoms with E-state index in [9.17, 15) is 14.4 Å². The third kappa shape index (κ3) is 4.10. The van der Waals surface area contributed by atoms with Gasteiger partial charge in [-0.15, -0.1) is 0 Å². The van der Waals surface area contributed by atoms with Crippen molar-refractivity contribution >= 4 is 23.0 Å². The second kappa shape index (κ2) is 7.55. The summed E-state index contributed by atoms with van der Waals surface area (Å²) in [7, 11) is 0. The maximum absolute atomic E-state index is 12.0. The third-order valence-corrected chi connectivity index (χ3v) is 4.49. The van der Waals surface area contributed by atoms with Gasteiger partial charge in [-0.25, -0.2) is 4.79 Å². The van der Waals surface area contributed by atoms with E-state index in [0.29, 0.717) is 11.1 Å². The summed E-state index contributed by atoms with van der Waals surface area (Å²) in [5, 5.41) is 2.90. The fourth-order valence-electron chi connectivity index (χ4n) is 3.13. The van der Waals surface area contributed by atoms with Crippen molar-refractivity contribution in [3.8, 4) is 0 Å².